The molecule has 0 unspecified atom stereocenters. The van der Waals surface area contributed by atoms with Gasteiger partial charge in [0.15, 0.2) is 29.1 Å². The van der Waals surface area contributed by atoms with E-state index in [-0.39, 0.29) is 35.2 Å². The number of aliphatic hydroxyl groups is 1. The van der Waals surface area contributed by atoms with Crippen molar-refractivity contribution in [2.45, 2.75) is 17.2 Å². The number of rotatable bonds is 5. The molecule has 0 bridgehead atoms. The van der Waals surface area contributed by atoms with E-state index in [1.807, 2.05) is 0 Å². The molecule has 11 heteroatoms. The molecular formula is C19H18ClNO9. The van der Waals surface area contributed by atoms with Crippen LogP contribution in [0.15, 0.2) is 24.3 Å². The maximum atomic E-state index is 12.0. The van der Waals surface area contributed by atoms with E-state index in [0.717, 1.165) is 0 Å². The summed E-state index contributed by atoms with van der Waals surface area (Å²) in [5.41, 5.74) is 0.369. The van der Waals surface area contributed by atoms with Gasteiger partial charge in [-0.2, -0.15) is 0 Å². The summed E-state index contributed by atoms with van der Waals surface area (Å²) in [5.74, 6) is 1.72. The van der Waals surface area contributed by atoms with Crippen LogP contribution in [-0.4, -0.2) is 43.2 Å². The largest absolute Gasteiger partial charge is 0.493 e. The number of methoxy groups -OCH3 is 3. The first-order valence-corrected chi connectivity index (χ1v) is 9.14. The van der Waals surface area contributed by atoms with Crippen molar-refractivity contribution >= 4 is 11.6 Å². The Morgan fingerprint density at radius 2 is 1.67 bits per heavy atom. The van der Waals surface area contributed by atoms with Crippen LogP contribution in [0.3, 0.4) is 0 Å². The lowest BCUT2D eigenvalue weighted by Crippen LogP contribution is -2.49. The van der Waals surface area contributed by atoms with Crippen molar-refractivity contribution < 1.29 is 38.5 Å². The highest BCUT2D eigenvalue weighted by Crippen LogP contribution is 2.55. The van der Waals surface area contributed by atoms with Gasteiger partial charge in [0.2, 0.25) is 18.6 Å². The minimum Gasteiger partial charge on any atom is -0.493 e. The Morgan fingerprint density at radius 1 is 1.07 bits per heavy atom. The Kier molecular flexibility index (Phi) is 4.91. The normalized spacial score (nSPS) is 23.9. The Labute approximate surface area is 175 Å². The number of benzene rings is 2. The summed E-state index contributed by atoms with van der Waals surface area (Å²) in [6.45, 7) is -0.00805. The van der Waals surface area contributed by atoms with Crippen LogP contribution in [0.2, 0.25) is 0 Å². The molecule has 2 aromatic rings. The van der Waals surface area contributed by atoms with Crippen LogP contribution in [-0.2, 0) is 0 Å². The Balaban J connectivity index is 1.89. The van der Waals surface area contributed by atoms with Crippen LogP contribution in [0.25, 0.3) is 0 Å². The summed E-state index contributed by atoms with van der Waals surface area (Å²) in [6, 6.07) is 5.89. The molecule has 30 heavy (non-hydrogen) atoms. The Morgan fingerprint density at radius 3 is 2.20 bits per heavy atom. The molecule has 0 spiro atoms. The van der Waals surface area contributed by atoms with Crippen LogP contribution in [0, 0.1) is 10.1 Å². The molecule has 0 saturated heterocycles. The van der Waals surface area contributed by atoms with Gasteiger partial charge in [-0.1, -0.05) is 0 Å². The highest BCUT2D eigenvalue weighted by Gasteiger charge is 2.62. The van der Waals surface area contributed by atoms with E-state index in [4.69, 9.17) is 40.0 Å². The van der Waals surface area contributed by atoms with Crippen molar-refractivity contribution in [3.05, 3.63) is 45.5 Å². The number of nitro groups is 1. The third kappa shape index (κ3) is 2.83. The van der Waals surface area contributed by atoms with E-state index in [1.165, 1.54) is 45.6 Å². The first-order valence-electron chi connectivity index (χ1n) is 8.76. The SMILES string of the molecule is COc1cc([C@@H]2Oc3cc4c(cc3[C@H](O)[C@@]2(Cl)[N+](=O)[O-])OCO4)cc(OC)c1OC. The van der Waals surface area contributed by atoms with Crippen LogP contribution in [0.1, 0.15) is 23.3 Å². The van der Waals surface area contributed by atoms with Crippen molar-refractivity contribution in [2.24, 2.45) is 0 Å². The zero-order valence-electron chi connectivity index (χ0n) is 16.2. The first-order chi connectivity index (χ1) is 14.3. The molecule has 2 aromatic carbocycles. The van der Waals surface area contributed by atoms with Crippen LogP contribution < -0.4 is 28.4 Å². The fourth-order valence-corrected chi connectivity index (χ4v) is 3.86. The fraction of sp³-hybridized carbons (Fsp3) is 0.368. The van der Waals surface area contributed by atoms with E-state index in [9.17, 15) is 15.2 Å². The average Bonchev–Trinajstić information content (AvgIpc) is 3.21. The van der Waals surface area contributed by atoms with Gasteiger partial charge in [-0.3, -0.25) is 10.1 Å². The number of hydrogen-bond acceptors (Lipinski definition) is 9. The Bertz CT molecular complexity index is 989. The van der Waals surface area contributed by atoms with Gasteiger partial charge in [0, 0.05) is 17.2 Å². The molecule has 10 nitrogen and oxygen atoms in total. The molecule has 0 fully saturated rings. The molecule has 2 aliphatic heterocycles. The molecule has 4 rings (SSSR count). The predicted octanol–water partition coefficient (Wildman–Crippen LogP) is 2.82. The first kappa shape index (κ1) is 20.2. The molecule has 0 saturated carbocycles. The van der Waals surface area contributed by atoms with Gasteiger partial charge >= 0.3 is 5.00 Å². The topological polar surface area (TPSA) is 119 Å². The van der Waals surface area contributed by atoms with Crippen LogP contribution in [0.4, 0.5) is 0 Å². The number of fused-ring (bicyclic) bond motifs is 2. The molecule has 3 atom stereocenters. The maximum absolute atomic E-state index is 12.0. The summed E-state index contributed by atoms with van der Waals surface area (Å²) < 4.78 is 32.5. The molecule has 2 aliphatic rings. The second kappa shape index (κ2) is 7.29. The lowest BCUT2D eigenvalue weighted by Gasteiger charge is -2.37. The minimum absolute atomic E-state index is 0.00805. The molecule has 0 aliphatic carbocycles. The smallest absolute Gasteiger partial charge is 0.364 e. The molecule has 0 amide bonds. The molecule has 160 valence electrons. The third-order valence-corrected chi connectivity index (χ3v) is 5.61. The van der Waals surface area contributed by atoms with Gasteiger partial charge in [0.1, 0.15) is 5.75 Å². The Hall–Kier alpha value is -3.11. The van der Waals surface area contributed by atoms with Gasteiger partial charge in [-0.25, -0.2) is 0 Å². The van der Waals surface area contributed by atoms with Crippen molar-refractivity contribution in [1.82, 2.24) is 0 Å². The molecule has 1 N–H and O–H groups in total. The summed E-state index contributed by atoms with van der Waals surface area (Å²) >= 11 is 6.45. The quantitative estimate of drug-likeness (QED) is 0.324. The summed E-state index contributed by atoms with van der Waals surface area (Å²) in [6.07, 6.45) is -3.11. The number of halogens is 1. The van der Waals surface area contributed by atoms with Crippen molar-refractivity contribution in [3.8, 4) is 34.5 Å². The van der Waals surface area contributed by atoms with Crippen molar-refractivity contribution in [2.75, 3.05) is 28.1 Å². The highest BCUT2D eigenvalue weighted by atomic mass is 35.5. The second-order valence-corrected chi connectivity index (χ2v) is 7.19. The van der Waals surface area contributed by atoms with Crippen LogP contribution >= 0.6 is 11.6 Å². The highest BCUT2D eigenvalue weighted by molar-refractivity contribution is 6.23. The number of alkyl halides is 1. The summed E-state index contributed by atoms with van der Waals surface area (Å²) in [7, 11) is 4.26. The zero-order chi connectivity index (χ0) is 21.6. The van der Waals surface area contributed by atoms with E-state index < -0.39 is 22.1 Å². The average molecular weight is 440 g/mol. The van der Waals surface area contributed by atoms with E-state index in [2.05, 4.69) is 0 Å². The number of hydrogen-bond donors (Lipinski definition) is 1. The van der Waals surface area contributed by atoms with Gasteiger partial charge < -0.3 is 33.5 Å². The number of nitrogens with zero attached hydrogens (tertiary/aromatic N) is 1. The fourth-order valence-electron chi connectivity index (χ4n) is 3.58. The molecule has 2 heterocycles. The van der Waals surface area contributed by atoms with Gasteiger partial charge in [0.25, 0.3) is 0 Å². The van der Waals surface area contributed by atoms with E-state index in [1.54, 1.807) is 0 Å². The molecule has 0 aromatic heterocycles. The van der Waals surface area contributed by atoms with Crippen molar-refractivity contribution in [3.63, 3.8) is 0 Å². The summed E-state index contributed by atoms with van der Waals surface area (Å²) in [4.78, 5) is 8.82. The standard InChI is InChI=1S/C19H18ClNO9/c1-25-14-4-9(5-15(26-2)16(14)27-3)18-19(20,21(23)24)17(22)10-6-12-13(29-8-28-12)7-11(10)30-18/h4-7,17-18,22H,8H2,1-3H3/t17-,18-,19+/m0/s1. The summed E-state index contributed by atoms with van der Waals surface area (Å²) in [5, 5.41) is 23.0. The maximum Gasteiger partial charge on any atom is 0.364 e. The molecular weight excluding hydrogens is 422 g/mol. The van der Waals surface area contributed by atoms with Gasteiger partial charge in [-0.05, 0) is 29.8 Å². The van der Waals surface area contributed by atoms with Crippen LogP contribution in [0.5, 0.6) is 34.5 Å². The lowest BCUT2D eigenvalue weighted by molar-refractivity contribution is -0.570. The zero-order valence-corrected chi connectivity index (χ0v) is 17.0. The lowest BCUT2D eigenvalue weighted by atomic mass is 9.89. The van der Waals surface area contributed by atoms with E-state index in [0.29, 0.717) is 17.2 Å². The molecule has 0 radical (unpaired) electrons. The third-order valence-electron chi connectivity index (χ3n) is 5.07. The van der Waals surface area contributed by atoms with Crippen molar-refractivity contribution in [1.29, 1.82) is 0 Å². The van der Waals surface area contributed by atoms with Gasteiger partial charge in [0.05, 0.1) is 26.3 Å². The monoisotopic (exact) mass is 439 g/mol. The van der Waals surface area contributed by atoms with E-state index >= 15 is 0 Å². The minimum atomic E-state index is -2.44. The number of ether oxygens (including phenoxy) is 6. The number of aliphatic hydroxyl groups excluding tert-OH is 1. The predicted molar refractivity (Wildman–Crippen MR) is 103 cm³/mol. The second-order valence-electron chi connectivity index (χ2n) is 6.59. The van der Waals surface area contributed by atoms with Gasteiger partial charge in [-0.15, -0.1) is 0 Å².